The number of nitriles is 1. The Labute approximate surface area is 93.4 Å². The molecule has 4 heteroatoms. The highest BCUT2D eigenvalue weighted by molar-refractivity contribution is 6.36. The van der Waals surface area contributed by atoms with Crippen LogP contribution in [0.1, 0.15) is 13.3 Å². The average Bonchev–Trinajstić information content (AvgIpc) is 2.17. The second-order valence-electron chi connectivity index (χ2n) is 2.86. The van der Waals surface area contributed by atoms with Crippen molar-refractivity contribution in [1.82, 2.24) is 0 Å². The molecule has 0 radical (unpaired) electrons. The maximum atomic E-state index is 8.75. The van der Waals surface area contributed by atoms with E-state index in [2.05, 4.69) is 11.4 Å². The molecule has 0 heterocycles. The molecule has 1 unspecified atom stereocenters. The fraction of sp³-hybridized carbons (Fsp3) is 0.300. The Bertz CT molecular complexity index is 358. The van der Waals surface area contributed by atoms with E-state index in [1.165, 1.54) is 0 Å². The van der Waals surface area contributed by atoms with Crippen molar-refractivity contribution in [3.05, 3.63) is 28.2 Å². The highest BCUT2D eigenvalue weighted by Gasteiger charge is 2.06. The van der Waals surface area contributed by atoms with Crippen molar-refractivity contribution >= 4 is 28.9 Å². The second kappa shape index (κ2) is 5.09. The van der Waals surface area contributed by atoms with Gasteiger partial charge in [-0.15, -0.1) is 0 Å². The van der Waals surface area contributed by atoms with E-state index >= 15 is 0 Å². The molecular formula is C10H10Cl2N2. The Hall–Kier alpha value is -0.910. The summed E-state index contributed by atoms with van der Waals surface area (Å²) in [4.78, 5) is 0. The SMILES string of the molecule is CCC(C#N)Nc1ccc(Cl)cc1Cl. The van der Waals surface area contributed by atoms with Gasteiger partial charge in [0.15, 0.2) is 0 Å². The van der Waals surface area contributed by atoms with Crippen LogP contribution in [-0.2, 0) is 0 Å². The van der Waals surface area contributed by atoms with Gasteiger partial charge >= 0.3 is 0 Å². The van der Waals surface area contributed by atoms with Gasteiger partial charge in [0, 0.05) is 5.02 Å². The molecule has 0 aliphatic heterocycles. The molecule has 0 amide bonds. The van der Waals surface area contributed by atoms with Crippen LogP contribution in [0.4, 0.5) is 5.69 Å². The summed E-state index contributed by atoms with van der Waals surface area (Å²) in [5.41, 5.74) is 0.740. The topological polar surface area (TPSA) is 35.8 Å². The molecule has 0 aliphatic rings. The number of hydrogen-bond donors (Lipinski definition) is 1. The third kappa shape index (κ3) is 2.80. The van der Waals surface area contributed by atoms with Crippen molar-refractivity contribution in [3.63, 3.8) is 0 Å². The average molecular weight is 229 g/mol. The minimum absolute atomic E-state index is 0.214. The minimum atomic E-state index is -0.214. The first-order valence-electron chi connectivity index (χ1n) is 4.28. The number of nitrogens with zero attached hydrogens (tertiary/aromatic N) is 1. The predicted octanol–water partition coefficient (Wildman–Crippen LogP) is 3.71. The van der Waals surface area contributed by atoms with E-state index < -0.39 is 0 Å². The molecule has 2 nitrogen and oxygen atoms in total. The van der Waals surface area contributed by atoms with Gasteiger partial charge in [-0.05, 0) is 24.6 Å². The molecule has 0 saturated carbocycles. The van der Waals surface area contributed by atoms with Gasteiger partial charge in [-0.25, -0.2) is 0 Å². The third-order valence-electron chi connectivity index (χ3n) is 1.82. The van der Waals surface area contributed by atoms with Crippen LogP contribution in [0.3, 0.4) is 0 Å². The fourth-order valence-electron chi connectivity index (χ4n) is 1.02. The summed E-state index contributed by atoms with van der Waals surface area (Å²) in [5.74, 6) is 0. The van der Waals surface area contributed by atoms with Crippen molar-refractivity contribution in [2.75, 3.05) is 5.32 Å². The highest BCUT2D eigenvalue weighted by atomic mass is 35.5. The summed E-state index contributed by atoms with van der Waals surface area (Å²) >= 11 is 11.7. The van der Waals surface area contributed by atoms with Crippen molar-refractivity contribution in [3.8, 4) is 6.07 Å². The maximum Gasteiger partial charge on any atom is 0.114 e. The molecule has 1 atom stereocenters. The van der Waals surface area contributed by atoms with Crippen LogP contribution in [0, 0.1) is 11.3 Å². The third-order valence-corrected chi connectivity index (χ3v) is 2.37. The van der Waals surface area contributed by atoms with Crippen LogP contribution >= 0.6 is 23.2 Å². The van der Waals surface area contributed by atoms with Crippen molar-refractivity contribution < 1.29 is 0 Å². The minimum Gasteiger partial charge on any atom is -0.369 e. The first-order valence-corrected chi connectivity index (χ1v) is 5.04. The molecule has 1 rings (SSSR count). The van der Waals surface area contributed by atoms with E-state index in [0.29, 0.717) is 10.0 Å². The van der Waals surface area contributed by atoms with Crippen LogP contribution in [0.5, 0.6) is 0 Å². The normalized spacial score (nSPS) is 11.9. The molecule has 1 aromatic rings. The maximum absolute atomic E-state index is 8.75. The first kappa shape index (κ1) is 11.2. The molecule has 0 fully saturated rings. The highest BCUT2D eigenvalue weighted by Crippen LogP contribution is 2.26. The molecule has 0 aliphatic carbocycles. The van der Waals surface area contributed by atoms with Gasteiger partial charge in [0.2, 0.25) is 0 Å². The number of rotatable bonds is 3. The van der Waals surface area contributed by atoms with E-state index in [9.17, 15) is 0 Å². The van der Waals surface area contributed by atoms with E-state index in [1.807, 2.05) is 6.92 Å². The number of halogens is 2. The monoisotopic (exact) mass is 228 g/mol. The molecule has 14 heavy (non-hydrogen) atoms. The van der Waals surface area contributed by atoms with Gasteiger partial charge in [0.1, 0.15) is 6.04 Å². The Morgan fingerprint density at radius 2 is 2.21 bits per heavy atom. The number of benzene rings is 1. The number of anilines is 1. The molecule has 0 spiro atoms. The van der Waals surface area contributed by atoms with E-state index in [1.54, 1.807) is 18.2 Å². The van der Waals surface area contributed by atoms with Crippen molar-refractivity contribution in [1.29, 1.82) is 5.26 Å². The van der Waals surface area contributed by atoms with Crippen molar-refractivity contribution in [2.24, 2.45) is 0 Å². The van der Waals surface area contributed by atoms with Gasteiger partial charge in [-0.1, -0.05) is 30.1 Å². The van der Waals surface area contributed by atoms with Crippen LogP contribution in [-0.4, -0.2) is 6.04 Å². The zero-order chi connectivity index (χ0) is 10.6. The quantitative estimate of drug-likeness (QED) is 0.857. The molecule has 0 saturated heterocycles. The van der Waals surface area contributed by atoms with E-state index in [0.717, 1.165) is 12.1 Å². The molecule has 1 aromatic carbocycles. The lowest BCUT2D eigenvalue weighted by Crippen LogP contribution is -2.15. The Morgan fingerprint density at radius 1 is 1.50 bits per heavy atom. The van der Waals surface area contributed by atoms with Crippen LogP contribution < -0.4 is 5.32 Å². The predicted molar refractivity (Wildman–Crippen MR) is 59.8 cm³/mol. The summed E-state index contributed by atoms with van der Waals surface area (Å²) in [6, 6.07) is 7.08. The summed E-state index contributed by atoms with van der Waals surface area (Å²) in [5, 5.41) is 12.9. The van der Waals surface area contributed by atoms with Gasteiger partial charge < -0.3 is 5.32 Å². The largest absolute Gasteiger partial charge is 0.369 e. The zero-order valence-electron chi connectivity index (χ0n) is 7.72. The number of nitrogens with one attached hydrogen (secondary N) is 1. The molecule has 74 valence electrons. The van der Waals surface area contributed by atoms with Crippen LogP contribution in [0.2, 0.25) is 10.0 Å². The first-order chi connectivity index (χ1) is 6.67. The van der Waals surface area contributed by atoms with Gasteiger partial charge in [-0.2, -0.15) is 5.26 Å². The van der Waals surface area contributed by atoms with Crippen LogP contribution in [0.15, 0.2) is 18.2 Å². The van der Waals surface area contributed by atoms with E-state index in [-0.39, 0.29) is 6.04 Å². The Morgan fingerprint density at radius 3 is 2.71 bits per heavy atom. The lowest BCUT2D eigenvalue weighted by molar-refractivity contribution is 0.845. The lowest BCUT2D eigenvalue weighted by Gasteiger charge is -2.11. The van der Waals surface area contributed by atoms with Gasteiger partial charge in [-0.3, -0.25) is 0 Å². The fourth-order valence-corrected chi connectivity index (χ4v) is 1.48. The summed E-state index contributed by atoms with van der Waals surface area (Å²) in [6.07, 6.45) is 0.732. The summed E-state index contributed by atoms with van der Waals surface area (Å²) in [7, 11) is 0. The smallest absolute Gasteiger partial charge is 0.114 e. The second-order valence-corrected chi connectivity index (χ2v) is 3.70. The Kier molecular flexibility index (Phi) is 4.06. The Balaban J connectivity index is 2.82. The van der Waals surface area contributed by atoms with Crippen molar-refractivity contribution in [2.45, 2.75) is 19.4 Å². The lowest BCUT2D eigenvalue weighted by atomic mass is 10.2. The van der Waals surface area contributed by atoms with E-state index in [4.69, 9.17) is 28.5 Å². The summed E-state index contributed by atoms with van der Waals surface area (Å²) in [6.45, 7) is 1.94. The zero-order valence-corrected chi connectivity index (χ0v) is 9.23. The molecule has 0 aromatic heterocycles. The van der Waals surface area contributed by atoms with Gasteiger partial charge in [0.25, 0.3) is 0 Å². The molecular weight excluding hydrogens is 219 g/mol. The molecule has 0 bridgehead atoms. The standard InChI is InChI=1S/C10H10Cl2N2/c1-2-8(6-13)14-10-4-3-7(11)5-9(10)12/h3-5,8,14H,2H2,1H3. The number of hydrogen-bond acceptors (Lipinski definition) is 2. The summed E-state index contributed by atoms with van der Waals surface area (Å²) < 4.78 is 0. The van der Waals surface area contributed by atoms with Crippen LogP contribution in [0.25, 0.3) is 0 Å². The molecule has 1 N–H and O–H groups in total. The van der Waals surface area contributed by atoms with Gasteiger partial charge in [0.05, 0.1) is 16.8 Å².